The van der Waals surface area contributed by atoms with Gasteiger partial charge >= 0.3 is 6.03 Å². The first-order valence-electron chi connectivity index (χ1n) is 3.97. The van der Waals surface area contributed by atoms with Crippen LogP contribution in [0.3, 0.4) is 0 Å². The third-order valence-corrected chi connectivity index (χ3v) is 1.58. The van der Waals surface area contributed by atoms with E-state index >= 15 is 0 Å². The molecule has 2 amide bonds. The van der Waals surface area contributed by atoms with Crippen LogP contribution in [0.25, 0.3) is 0 Å². The number of hydrogen-bond donors (Lipinski definition) is 3. The Labute approximate surface area is 78.1 Å². The van der Waals surface area contributed by atoms with E-state index < -0.39 is 0 Å². The second-order valence-corrected chi connectivity index (χ2v) is 2.72. The molecule has 4 nitrogen and oxygen atoms in total. The number of hydrogen-bond acceptors (Lipinski definition) is 2. The summed E-state index contributed by atoms with van der Waals surface area (Å²) in [5, 5.41) is 8.11. The van der Waals surface area contributed by atoms with Crippen LogP contribution in [-0.2, 0) is 0 Å². The van der Waals surface area contributed by atoms with Gasteiger partial charge in [-0.2, -0.15) is 0 Å². The van der Waals surface area contributed by atoms with Crippen molar-refractivity contribution in [3.63, 3.8) is 0 Å². The third kappa shape index (κ3) is 5.91. The van der Waals surface area contributed by atoms with Crippen molar-refractivity contribution in [2.45, 2.75) is 19.8 Å². The number of thiocarbonyl (C=S) groups is 1. The zero-order chi connectivity index (χ0) is 9.40. The topological polar surface area (TPSA) is 53.2 Å². The summed E-state index contributed by atoms with van der Waals surface area (Å²) in [6, 6.07) is -0.247. The second kappa shape index (κ2) is 6.84. The molecule has 0 unspecified atom stereocenters. The van der Waals surface area contributed by atoms with Gasteiger partial charge in [-0.15, -0.1) is 0 Å². The highest BCUT2D eigenvalue weighted by atomic mass is 32.1. The first-order chi connectivity index (χ1) is 5.70. The number of unbranched alkanes of at least 4 members (excludes halogenated alkanes) is 1. The fourth-order valence-corrected chi connectivity index (χ4v) is 0.681. The molecule has 5 heteroatoms. The number of rotatable bonds is 3. The van der Waals surface area contributed by atoms with E-state index in [0.717, 1.165) is 12.8 Å². The van der Waals surface area contributed by atoms with Gasteiger partial charge in [-0.3, -0.25) is 5.32 Å². The lowest BCUT2D eigenvalue weighted by Crippen LogP contribution is -2.43. The van der Waals surface area contributed by atoms with Crippen molar-refractivity contribution < 1.29 is 4.79 Å². The molecule has 3 N–H and O–H groups in total. The Morgan fingerprint density at radius 2 is 2.17 bits per heavy atom. The average molecular weight is 189 g/mol. The number of amides is 2. The Morgan fingerprint density at radius 3 is 2.67 bits per heavy atom. The maximum absolute atomic E-state index is 10.9. The van der Waals surface area contributed by atoms with E-state index in [4.69, 9.17) is 12.2 Å². The fraction of sp³-hybridized carbons (Fsp3) is 0.714. The molecule has 0 aromatic carbocycles. The van der Waals surface area contributed by atoms with Gasteiger partial charge < -0.3 is 10.6 Å². The molecule has 12 heavy (non-hydrogen) atoms. The number of carbonyl (C=O) groups is 1. The van der Waals surface area contributed by atoms with Crippen molar-refractivity contribution in [2.75, 3.05) is 13.6 Å². The molecule has 0 rings (SSSR count). The van der Waals surface area contributed by atoms with Crippen LogP contribution >= 0.6 is 12.2 Å². The third-order valence-electron chi connectivity index (χ3n) is 1.27. The Morgan fingerprint density at radius 1 is 1.50 bits per heavy atom. The molecule has 0 aromatic rings. The van der Waals surface area contributed by atoms with Gasteiger partial charge in [-0.05, 0) is 18.6 Å². The van der Waals surface area contributed by atoms with Gasteiger partial charge in [0.1, 0.15) is 0 Å². The molecule has 70 valence electrons. The SMILES string of the molecule is CCCCNC(=O)NC(=S)NC. The Kier molecular flexibility index (Phi) is 6.37. The molecule has 0 aliphatic carbocycles. The predicted molar refractivity (Wildman–Crippen MR) is 53.1 cm³/mol. The van der Waals surface area contributed by atoms with Crippen molar-refractivity contribution in [1.29, 1.82) is 0 Å². The monoisotopic (exact) mass is 189 g/mol. The van der Waals surface area contributed by atoms with Crippen molar-refractivity contribution in [1.82, 2.24) is 16.0 Å². The van der Waals surface area contributed by atoms with Crippen LogP contribution in [0.2, 0.25) is 0 Å². The maximum atomic E-state index is 10.9. The fourth-order valence-electron chi connectivity index (χ4n) is 0.589. The van der Waals surface area contributed by atoms with E-state index in [1.807, 2.05) is 0 Å². The van der Waals surface area contributed by atoms with Crippen LogP contribution in [0.4, 0.5) is 4.79 Å². The van der Waals surface area contributed by atoms with Gasteiger partial charge in [-0.25, -0.2) is 4.79 Å². The summed E-state index contributed by atoms with van der Waals surface area (Å²) in [6.07, 6.45) is 2.05. The van der Waals surface area contributed by atoms with Crippen molar-refractivity contribution in [3.8, 4) is 0 Å². The molecule has 0 aliphatic heterocycles. The highest BCUT2D eigenvalue weighted by Gasteiger charge is 1.99. The molecule has 0 atom stereocenters. The average Bonchev–Trinajstić information content (AvgIpc) is 2.05. The smallest absolute Gasteiger partial charge is 0.320 e. The van der Waals surface area contributed by atoms with E-state index in [0.29, 0.717) is 11.7 Å². The zero-order valence-electron chi connectivity index (χ0n) is 7.44. The van der Waals surface area contributed by atoms with Gasteiger partial charge in [0.15, 0.2) is 5.11 Å². The molecule has 0 saturated carbocycles. The van der Waals surface area contributed by atoms with Crippen molar-refractivity contribution >= 4 is 23.4 Å². The molecule has 0 aliphatic rings. The molecule has 0 saturated heterocycles. The van der Waals surface area contributed by atoms with Crippen LogP contribution < -0.4 is 16.0 Å². The quantitative estimate of drug-likeness (QED) is 0.450. The first kappa shape index (κ1) is 11.2. The standard InChI is InChI=1S/C7H15N3OS/c1-3-4-5-9-6(11)10-7(12)8-2/h3-5H2,1-2H3,(H3,8,9,10,11,12). The summed E-state index contributed by atoms with van der Waals surface area (Å²) >= 11 is 4.73. The molecule has 0 bridgehead atoms. The van der Waals surface area contributed by atoms with E-state index in [1.54, 1.807) is 7.05 Å². The van der Waals surface area contributed by atoms with Gasteiger partial charge in [0, 0.05) is 13.6 Å². The Hall–Kier alpha value is -0.840. The Bertz CT molecular complexity index is 161. The van der Waals surface area contributed by atoms with Crippen LogP contribution in [0.15, 0.2) is 0 Å². The van der Waals surface area contributed by atoms with E-state index in [-0.39, 0.29) is 6.03 Å². The predicted octanol–water partition coefficient (Wildman–Crippen LogP) is 0.590. The lowest BCUT2D eigenvalue weighted by Gasteiger charge is -2.06. The zero-order valence-corrected chi connectivity index (χ0v) is 8.25. The summed E-state index contributed by atoms with van der Waals surface area (Å²) in [7, 11) is 1.66. The molecular weight excluding hydrogens is 174 g/mol. The normalized spacial score (nSPS) is 8.83. The highest BCUT2D eigenvalue weighted by molar-refractivity contribution is 7.80. The first-order valence-corrected chi connectivity index (χ1v) is 4.38. The number of urea groups is 1. The Balaban J connectivity index is 3.40. The lowest BCUT2D eigenvalue weighted by atomic mass is 10.3. The maximum Gasteiger partial charge on any atom is 0.320 e. The summed E-state index contributed by atoms with van der Waals surface area (Å²) < 4.78 is 0. The minimum Gasteiger partial charge on any atom is -0.365 e. The number of nitrogens with one attached hydrogen (secondary N) is 3. The van der Waals surface area contributed by atoms with Gasteiger partial charge in [-0.1, -0.05) is 13.3 Å². The van der Waals surface area contributed by atoms with E-state index in [1.165, 1.54) is 0 Å². The van der Waals surface area contributed by atoms with E-state index in [2.05, 4.69) is 22.9 Å². The second-order valence-electron chi connectivity index (χ2n) is 2.31. The summed E-state index contributed by atoms with van der Waals surface area (Å²) in [4.78, 5) is 10.9. The molecule has 0 radical (unpaired) electrons. The van der Waals surface area contributed by atoms with Crippen LogP contribution in [0.5, 0.6) is 0 Å². The molecular formula is C7H15N3OS. The molecule has 0 fully saturated rings. The van der Waals surface area contributed by atoms with Crippen LogP contribution in [0.1, 0.15) is 19.8 Å². The highest BCUT2D eigenvalue weighted by Crippen LogP contribution is 1.81. The lowest BCUT2D eigenvalue weighted by molar-refractivity contribution is 0.245. The van der Waals surface area contributed by atoms with Gasteiger partial charge in [0.25, 0.3) is 0 Å². The van der Waals surface area contributed by atoms with E-state index in [9.17, 15) is 4.79 Å². The molecule has 0 spiro atoms. The van der Waals surface area contributed by atoms with Crippen LogP contribution in [-0.4, -0.2) is 24.7 Å². The summed E-state index contributed by atoms with van der Waals surface area (Å²) in [6.45, 7) is 2.76. The minimum atomic E-state index is -0.247. The van der Waals surface area contributed by atoms with Gasteiger partial charge in [0.05, 0.1) is 0 Å². The van der Waals surface area contributed by atoms with Crippen molar-refractivity contribution in [2.24, 2.45) is 0 Å². The van der Waals surface area contributed by atoms with Crippen LogP contribution in [0, 0.1) is 0 Å². The van der Waals surface area contributed by atoms with Crippen molar-refractivity contribution in [3.05, 3.63) is 0 Å². The summed E-state index contributed by atoms with van der Waals surface area (Å²) in [5.74, 6) is 0. The number of carbonyl (C=O) groups excluding carboxylic acids is 1. The molecule has 0 aromatic heterocycles. The minimum absolute atomic E-state index is 0.247. The largest absolute Gasteiger partial charge is 0.365 e. The molecule has 0 heterocycles. The van der Waals surface area contributed by atoms with Gasteiger partial charge in [0.2, 0.25) is 0 Å². The summed E-state index contributed by atoms with van der Waals surface area (Å²) in [5.41, 5.74) is 0.